The van der Waals surface area contributed by atoms with Gasteiger partial charge in [-0.25, -0.2) is 0 Å². The molecule has 6 nitrogen and oxygen atoms in total. The predicted molar refractivity (Wildman–Crippen MR) is 81.5 cm³/mol. The first-order valence-electron chi connectivity index (χ1n) is 5.56. The molecule has 2 amide bonds. The normalized spacial score (nSPS) is 11.2. The number of rotatable bonds is 5. The van der Waals surface area contributed by atoms with E-state index in [-0.39, 0.29) is 30.8 Å². The van der Waals surface area contributed by atoms with Crippen LogP contribution in [0.3, 0.4) is 0 Å². The SMILES string of the molecule is COCC(N)C(=O)Nc1ccc(Cl)c(NC(C)=O)c1.Cl. The first kappa shape index (κ1) is 18.7. The molecule has 1 aromatic carbocycles. The van der Waals surface area contributed by atoms with Gasteiger partial charge in [0, 0.05) is 19.7 Å². The van der Waals surface area contributed by atoms with Gasteiger partial charge in [0.2, 0.25) is 11.8 Å². The topological polar surface area (TPSA) is 93.4 Å². The largest absolute Gasteiger partial charge is 0.383 e. The third-order valence-electron chi connectivity index (χ3n) is 2.23. The summed E-state index contributed by atoms with van der Waals surface area (Å²) in [5.74, 6) is -0.626. The van der Waals surface area contributed by atoms with E-state index in [1.165, 1.54) is 14.0 Å². The molecule has 0 aliphatic rings. The number of anilines is 2. The number of carbonyl (C=O) groups excluding carboxylic acids is 2. The lowest BCUT2D eigenvalue weighted by Crippen LogP contribution is -2.39. The van der Waals surface area contributed by atoms with Crippen LogP contribution in [0.5, 0.6) is 0 Å². The summed E-state index contributed by atoms with van der Waals surface area (Å²) in [7, 11) is 1.46. The number of nitrogens with one attached hydrogen (secondary N) is 2. The molecule has 0 saturated heterocycles. The molecule has 0 bridgehead atoms. The van der Waals surface area contributed by atoms with E-state index >= 15 is 0 Å². The first-order chi connectivity index (χ1) is 8.93. The summed E-state index contributed by atoms with van der Waals surface area (Å²) >= 11 is 5.92. The lowest BCUT2D eigenvalue weighted by Gasteiger charge is -2.13. The molecule has 8 heteroatoms. The van der Waals surface area contributed by atoms with Gasteiger partial charge < -0.3 is 21.1 Å². The summed E-state index contributed by atoms with van der Waals surface area (Å²) in [6, 6.07) is 3.99. The number of hydrogen-bond acceptors (Lipinski definition) is 4. The number of halogens is 2. The second-order valence-corrected chi connectivity index (χ2v) is 4.33. The number of carbonyl (C=O) groups is 2. The number of ether oxygens (including phenoxy) is 1. The van der Waals surface area contributed by atoms with E-state index in [0.29, 0.717) is 16.4 Å². The summed E-state index contributed by atoms with van der Waals surface area (Å²) < 4.78 is 4.79. The van der Waals surface area contributed by atoms with Crippen LogP contribution in [0.15, 0.2) is 18.2 Å². The maximum absolute atomic E-state index is 11.7. The van der Waals surface area contributed by atoms with E-state index in [1.54, 1.807) is 18.2 Å². The number of amides is 2. The molecular formula is C12H17Cl2N3O3. The summed E-state index contributed by atoms with van der Waals surface area (Å²) in [6.45, 7) is 1.49. The fraction of sp³-hybridized carbons (Fsp3) is 0.333. The Hall–Kier alpha value is -1.34. The highest BCUT2D eigenvalue weighted by Crippen LogP contribution is 2.25. The zero-order valence-corrected chi connectivity index (χ0v) is 12.7. The third kappa shape index (κ3) is 5.75. The monoisotopic (exact) mass is 321 g/mol. The van der Waals surface area contributed by atoms with Gasteiger partial charge >= 0.3 is 0 Å². The molecule has 0 fully saturated rings. The zero-order chi connectivity index (χ0) is 14.4. The van der Waals surface area contributed by atoms with Gasteiger partial charge in [-0.2, -0.15) is 0 Å². The van der Waals surface area contributed by atoms with Gasteiger partial charge in [-0.3, -0.25) is 9.59 Å². The highest BCUT2D eigenvalue weighted by Gasteiger charge is 2.13. The lowest BCUT2D eigenvalue weighted by molar-refractivity contribution is -0.118. The van der Waals surface area contributed by atoms with Gasteiger partial charge in [0.05, 0.1) is 17.3 Å². The first-order valence-corrected chi connectivity index (χ1v) is 5.94. The van der Waals surface area contributed by atoms with Crippen molar-refractivity contribution in [3.8, 4) is 0 Å². The van der Waals surface area contributed by atoms with Crippen LogP contribution in [0, 0.1) is 0 Å². The summed E-state index contributed by atoms with van der Waals surface area (Å²) in [5, 5.41) is 5.56. The molecule has 0 aromatic heterocycles. The van der Waals surface area contributed by atoms with Crippen LogP contribution in [-0.2, 0) is 14.3 Å². The van der Waals surface area contributed by atoms with E-state index in [9.17, 15) is 9.59 Å². The molecule has 1 rings (SSSR count). The maximum atomic E-state index is 11.7. The number of hydrogen-bond donors (Lipinski definition) is 3. The Kier molecular flexibility index (Phi) is 8.17. The van der Waals surface area contributed by atoms with Crippen LogP contribution >= 0.6 is 24.0 Å². The van der Waals surface area contributed by atoms with E-state index in [2.05, 4.69) is 10.6 Å². The Labute approximate surface area is 128 Å². The lowest BCUT2D eigenvalue weighted by atomic mass is 10.2. The second kappa shape index (κ2) is 8.76. The molecule has 20 heavy (non-hydrogen) atoms. The Bertz CT molecular complexity index is 483. The van der Waals surface area contributed by atoms with Gasteiger partial charge in [0.1, 0.15) is 6.04 Å². The molecule has 0 aliphatic heterocycles. The third-order valence-corrected chi connectivity index (χ3v) is 2.56. The van der Waals surface area contributed by atoms with Gasteiger partial charge in [-0.1, -0.05) is 11.6 Å². The molecule has 4 N–H and O–H groups in total. The molecule has 0 heterocycles. The molecule has 0 radical (unpaired) electrons. The van der Waals surface area contributed by atoms with Crippen molar-refractivity contribution in [2.75, 3.05) is 24.4 Å². The smallest absolute Gasteiger partial charge is 0.243 e. The molecule has 1 atom stereocenters. The van der Waals surface area contributed by atoms with Crippen LogP contribution in [0.1, 0.15) is 6.92 Å². The van der Waals surface area contributed by atoms with Gasteiger partial charge in [0.15, 0.2) is 0 Å². The molecule has 1 aromatic rings. The second-order valence-electron chi connectivity index (χ2n) is 3.93. The van der Waals surface area contributed by atoms with Gasteiger partial charge in [-0.05, 0) is 18.2 Å². The van der Waals surface area contributed by atoms with E-state index in [0.717, 1.165) is 0 Å². The number of nitrogens with two attached hydrogens (primary N) is 1. The molecule has 1 unspecified atom stereocenters. The molecule has 0 saturated carbocycles. The maximum Gasteiger partial charge on any atom is 0.243 e. The van der Waals surface area contributed by atoms with E-state index in [4.69, 9.17) is 22.1 Å². The Morgan fingerprint density at radius 2 is 2.05 bits per heavy atom. The minimum Gasteiger partial charge on any atom is -0.383 e. The number of methoxy groups -OCH3 is 1. The van der Waals surface area contributed by atoms with Crippen molar-refractivity contribution in [2.45, 2.75) is 13.0 Å². The fourth-order valence-corrected chi connectivity index (χ4v) is 1.54. The molecule has 0 aliphatic carbocycles. The highest BCUT2D eigenvalue weighted by atomic mass is 35.5. The standard InChI is InChI=1S/C12H16ClN3O3.ClH/c1-7(17)15-11-5-8(3-4-9(11)13)16-12(18)10(14)6-19-2;/h3-5,10H,6,14H2,1-2H3,(H,15,17)(H,16,18);1H. The molecule has 0 spiro atoms. The van der Waals surface area contributed by atoms with Crippen molar-refractivity contribution in [3.63, 3.8) is 0 Å². The minimum absolute atomic E-state index is 0. The van der Waals surface area contributed by atoms with Crippen LogP contribution < -0.4 is 16.4 Å². The molecule has 112 valence electrons. The van der Waals surface area contributed by atoms with Crippen LogP contribution in [-0.4, -0.2) is 31.6 Å². The molecular weight excluding hydrogens is 305 g/mol. The average Bonchev–Trinajstić information content (AvgIpc) is 2.33. The van der Waals surface area contributed by atoms with Crippen LogP contribution in [0.25, 0.3) is 0 Å². The Morgan fingerprint density at radius 3 is 2.60 bits per heavy atom. The van der Waals surface area contributed by atoms with Crippen molar-refractivity contribution in [1.29, 1.82) is 0 Å². The summed E-state index contributed by atoms with van der Waals surface area (Å²) in [6.07, 6.45) is 0. The predicted octanol–water partition coefficient (Wildman–Crippen LogP) is 1.63. The van der Waals surface area contributed by atoms with Gasteiger partial charge in [-0.15, -0.1) is 12.4 Å². The van der Waals surface area contributed by atoms with E-state index in [1.807, 2.05) is 0 Å². The average molecular weight is 322 g/mol. The van der Waals surface area contributed by atoms with Crippen molar-refractivity contribution >= 4 is 47.2 Å². The van der Waals surface area contributed by atoms with Gasteiger partial charge in [0.25, 0.3) is 0 Å². The quantitative estimate of drug-likeness (QED) is 0.768. The van der Waals surface area contributed by atoms with Crippen molar-refractivity contribution in [1.82, 2.24) is 0 Å². The van der Waals surface area contributed by atoms with Crippen LogP contribution in [0.2, 0.25) is 5.02 Å². The van der Waals surface area contributed by atoms with Crippen LogP contribution in [0.4, 0.5) is 11.4 Å². The Morgan fingerprint density at radius 1 is 1.40 bits per heavy atom. The van der Waals surface area contributed by atoms with E-state index < -0.39 is 6.04 Å². The summed E-state index contributed by atoms with van der Waals surface area (Å²) in [5.41, 5.74) is 6.51. The van der Waals surface area contributed by atoms with Crippen molar-refractivity contribution in [2.24, 2.45) is 5.73 Å². The van der Waals surface area contributed by atoms with Crippen molar-refractivity contribution < 1.29 is 14.3 Å². The zero-order valence-electron chi connectivity index (χ0n) is 11.1. The minimum atomic E-state index is -0.759. The van der Waals surface area contributed by atoms with Crippen molar-refractivity contribution in [3.05, 3.63) is 23.2 Å². The number of benzene rings is 1. The fourth-order valence-electron chi connectivity index (χ4n) is 1.38. The summed E-state index contributed by atoms with van der Waals surface area (Å²) in [4.78, 5) is 22.7. The highest BCUT2D eigenvalue weighted by molar-refractivity contribution is 6.33. The Balaban J connectivity index is 0.00000361.